The molecule has 6 nitrogen and oxygen atoms in total. The first kappa shape index (κ1) is 15.0. The number of rotatable bonds is 5. The highest BCUT2D eigenvalue weighted by molar-refractivity contribution is 6.03. The van der Waals surface area contributed by atoms with Gasteiger partial charge in [0.15, 0.2) is 5.82 Å². The zero-order valence-corrected chi connectivity index (χ0v) is 13.2. The van der Waals surface area contributed by atoms with Gasteiger partial charge in [-0.25, -0.2) is 0 Å². The van der Waals surface area contributed by atoms with E-state index >= 15 is 0 Å². The van der Waals surface area contributed by atoms with E-state index in [1.54, 1.807) is 17.1 Å². The second-order valence-corrected chi connectivity index (χ2v) is 5.35. The molecule has 0 aliphatic heterocycles. The van der Waals surface area contributed by atoms with Crippen LogP contribution < -0.4 is 5.32 Å². The first-order chi connectivity index (χ1) is 11.2. The Morgan fingerprint density at radius 3 is 2.74 bits per heavy atom. The molecular formula is C17H19N5O. The lowest BCUT2D eigenvalue weighted by atomic mass is 10.2. The van der Waals surface area contributed by atoms with Gasteiger partial charge in [0.1, 0.15) is 0 Å². The molecule has 1 amide bonds. The highest BCUT2D eigenvalue weighted by atomic mass is 16.1. The van der Waals surface area contributed by atoms with Crippen LogP contribution >= 0.6 is 0 Å². The Morgan fingerprint density at radius 1 is 1.26 bits per heavy atom. The number of amides is 1. The molecule has 0 unspecified atom stereocenters. The Morgan fingerprint density at radius 2 is 2.04 bits per heavy atom. The summed E-state index contributed by atoms with van der Waals surface area (Å²) in [5.74, 6) is 0.349. The monoisotopic (exact) mass is 309 g/mol. The molecule has 3 aromatic rings. The van der Waals surface area contributed by atoms with Crippen molar-refractivity contribution in [3.63, 3.8) is 0 Å². The van der Waals surface area contributed by atoms with E-state index in [-0.39, 0.29) is 5.91 Å². The van der Waals surface area contributed by atoms with E-state index in [2.05, 4.69) is 27.6 Å². The van der Waals surface area contributed by atoms with Crippen molar-refractivity contribution in [2.24, 2.45) is 0 Å². The van der Waals surface area contributed by atoms with Crippen LogP contribution in [0, 0.1) is 6.92 Å². The summed E-state index contributed by atoms with van der Waals surface area (Å²) in [4.78, 5) is 12.2. The van der Waals surface area contributed by atoms with E-state index in [1.165, 1.54) is 5.56 Å². The van der Waals surface area contributed by atoms with Crippen molar-refractivity contribution in [2.75, 3.05) is 5.32 Å². The fraction of sp³-hybridized carbons (Fsp3) is 0.235. The molecule has 0 aliphatic rings. The molecule has 0 atom stereocenters. The van der Waals surface area contributed by atoms with Crippen LogP contribution in [-0.2, 0) is 13.1 Å². The maximum atomic E-state index is 12.2. The topological polar surface area (TPSA) is 64.7 Å². The molecular weight excluding hydrogens is 290 g/mol. The highest BCUT2D eigenvalue weighted by Gasteiger charge is 2.12. The van der Waals surface area contributed by atoms with Crippen molar-refractivity contribution in [1.29, 1.82) is 0 Å². The average molecular weight is 309 g/mol. The molecule has 0 spiro atoms. The quantitative estimate of drug-likeness (QED) is 0.788. The van der Waals surface area contributed by atoms with Gasteiger partial charge >= 0.3 is 0 Å². The number of anilines is 1. The predicted octanol–water partition coefficient (Wildman–Crippen LogP) is 2.71. The van der Waals surface area contributed by atoms with E-state index in [0.717, 1.165) is 12.2 Å². The van der Waals surface area contributed by atoms with Gasteiger partial charge in [-0.1, -0.05) is 30.3 Å². The lowest BCUT2D eigenvalue weighted by molar-refractivity contribution is 0.102. The zero-order valence-electron chi connectivity index (χ0n) is 13.2. The number of carbonyl (C=O) groups excluding carboxylic acids is 1. The molecule has 1 aromatic carbocycles. The Balaban J connectivity index is 1.71. The minimum Gasteiger partial charge on any atom is -0.305 e. The summed E-state index contributed by atoms with van der Waals surface area (Å²) in [5.41, 5.74) is 2.69. The molecule has 2 heterocycles. The smallest absolute Gasteiger partial charge is 0.260 e. The Kier molecular flexibility index (Phi) is 4.23. The first-order valence-corrected chi connectivity index (χ1v) is 7.58. The molecule has 0 bridgehead atoms. The van der Waals surface area contributed by atoms with Gasteiger partial charge in [0.2, 0.25) is 0 Å². The van der Waals surface area contributed by atoms with Crippen molar-refractivity contribution in [1.82, 2.24) is 19.6 Å². The molecule has 1 N–H and O–H groups in total. The molecule has 0 saturated carbocycles. The minimum atomic E-state index is -0.200. The van der Waals surface area contributed by atoms with Crippen molar-refractivity contribution in [3.8, 4) is 0 Å². The number of nitrogens with zero attached hydrogens (tertiary/aromatic N) is 4. The van der Waals surface area contributed by atoms with Crippen LogP contribution in [0.1, 0.15) is 28.5 Å². The first-order valence-electron chi connectivity index (χ1n) is 7.58. The Labute approximate surface area is 134 Å². The maximum absolute atomic E-state index is 12.2. The summed E-state index contributed by atoms with van der Waals surface area (Å²) in [6, 6.07) is 12.0. The van der Waals surface area contributed by atoms with Crippen LogP contribution in [0.2, 0.25) is 0 Å². The Bertz CT molecular complexity index is 804. The maximum Gasteiger partial charge on any atom is 0.260 e. The lowest BCUT2D eigenvalue weighted by Crippen LogP contribution is -2.12. The van der Waals surface area contributed by atoms with Crippen LogP contribution in [0.25, 0.3) is 0 Å². The van der Waals surface area contributed by atoms with E-state index in [0.29, 0.717) is 17.9 Å². The van der Waals surface area contributed by atoms with E-state index in [1.807, 2.05) is 42.8 Å². The fourth-order valence-electron chi connectivity index (χ4n) is 2.33. The normalized spacial score (nSPS) is 10.7. The third kappa shape index (κ3) is 3.48. The van der Waals surface area contributed by atoms with Crippen molar-refractivity contribution < 1.29 is 4.79 Å². The average Bonchev–Trinajstić information content (AvgIpc) is 3.16. The molecule has 23 heavy (non-hydrogen) atoms. The zero-order chi connectivity index (χ0) is 16.2. The summed E-state index contributed by atoms with van der Waals surface area (Å²) in [6.45, 7) is 5.36. The van der Waals surface area contributed by atoms with Crippen LogP contribution in [-0.4, -0.2) is 25.5 Å². The van der Waals surface area contributed by atoms with Gasteiger partial charge in [-0.3, -0.25) is 14.2 Å². The number of aryl methyl sites for hydroxylation is 2. The van der Waals surface area contributed by atoms with Crippen LogP contribution in [0.15, 0.2) is 48.8 Å². The fourth-order valence-corrected chi connectivity index (χ4v) is 2.33. The standard InChI is InChI=1S/C17H19N5O/c1-3-21-12-15(10-18-21)17(23)19-16-9-13(2)22(20-16)11-14-7-5-4-6-8-14/h4-10,12H,3,11H2,1-2H3,(H,19,20,23). The second-order valence-electron chi connectivity index (χ2n) is 5.35. The van der Waals surface area contributed by atoms with Gasteiger partial charge in [-0.2, -0.15) is 10.2 Å². The van der Waals surface area contributed by atoms with E-state index < -0.39 is 0 Å². The molecule has 0 saturated heterocycles. The third-order valence-corrected chi connectivity index (χ3v) is 3.62. The molecule has 6 heteroatoms. The lowest BCUT2D eigenvalue weighted by Gasteiger charge is -2.04. The summed E-state index contributed by atoms with van der Waals surface area (Å²) >= 11 is 0. The predicted molar refractivity (Wildman–Crippen MR) is 88.4 cm³/mol. The van der Waals surface area contributed by atoms with Gasteiger partial charge in [0.05, 0.1) is 18.3 Å². The molecule has 2 aromatic heterocycles. The largest absolute Gasteiger partial charge is 0.305 e. The molecule has 3 rings (SSSR count). The van der Waals surface area contributed by atoms with Crippen LogP contribution in [0.5, 0.6) is 0 Å². The molecule has 0 radical (unpaired) electrons. The highest BCUT2D eigenvalue weighted by Crippen LogP contribution is 2.12. The van der Waals surface area contributed by atoms with Gasteiger partial charge in [0.25, 0.3) is 5.91 Å². The number of hydrogen-bond acceptors (Lipinski definition) is 3. The van der Waals surface area contributed by atoms with E-state index in [4.69, 9.17) is 0 Å². The van der Waals surface area contributed by atoms with Gasteiger partial charge in [-0.15, -0.1) is 0 Å². The number of carbonyl (C=O) groups is 1. The summed E-state index contributed by atoms with van der Waals surface area (Å²) in [6.07, 6.45) is 3.29. The molecule has 0 aliphatic carbocycles. The van der Waals surface area contributed by atoms with Gasteiger partial charge in [-0.05, 0) is 19.4 Å². The molecule has 0 fully saturated rings. The number of benzene rings is 1. The SMILES string of the molecule is CCn1cc(C(=O)Nc2cc(C)n(Cc3ccccc3)n2)cn1. The summed E-state index contributed by atoms with van der Waals surface area (Å²) < 4.78 is 3.59. The van der Waals surface area contributed by atoms with Gasteiger partial charge in [0, 0.05) is 24.5 Å². The van der Waals surface area contributed by atoms with Crippen molar-refractivity contribution in [3.05, 3.63) is 65.6 Å². The second kappa shape index (κ2) is 6.48. The summed E-state index contributed by atoms with van der Waals surface area (Å²) in [5, 5.41) is 11.4. The minimum absolute atomic E-state index is 0.200. The number of nitrogens with one attached hydrogen (secondary N) is 1. The van der Waals surface area contributed by atoms with Gasteiger partial charge < -0.3 is 5.32 Å². The summed E-state index contributed by atoms with van der Waals surface area (Å²) in [7, 11) is 0. The van der Waals surface area contributed by atoms with Crippen molar-refractivity contribution in [2.45, 2.75) is 26.9 Å². The molecule has 118 valence electrons. The number of aromatic nitrogens is 4. The van der Waals surface area contributed by atoms with Crippen LogP contribution in [0.3, 0.4) is 0 Å². The third-order valence-electron chi connectivity index (χ3n) is 3.62. The van der Waals surface area contributed by atoms with Crippen LogP contribution in [0.4, 0.5) is 5.82 Å². The van der Waals surface area contributed by atoms with Crippen molar-refractivity contribution >= 4 is 11.7 Å². The number of hydrogen-bond donors (Lipinski definition) is 1. The van der Waals surface area contributed by atoms with E-state index in [9.17, 15) is 4.79 Å². The Hall–Kier alpha value is -2.89.